The van der Waals surface area contributed by atoms with Gasteiger partial charge in [0.2, 0.25) is 0 Å². The average molecular weight is 387 g/mol. The Morgan fingerprint density at radius 3 is 2.74 bits per heavy atom. The van der Waals surface area contributed by atoms with Gasteiger partial charge in [0.25, 0.3) is 5.91 Å². The van der Waals surface area contributed by atoms with Crippen LogP contribution in [0.1, 0.15) is 22.3 Å². The van der Waals surface area contributed by atoms with Crippen LogP contribution in [0, 0.1) is 5.92 Å². The zero-order valence-corrected chi connectivity index (χ0v) is 15.8. The molecule has 0 bridgehead atoms. The predicted molar refractivity (Wildman–Crippen MR) is 105 cm³/mol. The Bertz CT molecular complexity index is 820. The number of nitrogens with one attached hydrogen (secondary N) is 1. The van der Waals surface area contributed by atoms with Gasteiger partial charge in [-0.1, -0.05) is 23.7 Å². The van der Waals surface area contributed by atoms with Gasteiger partial charge in [0.05, 0.1) is 13.2 Å². The van der Waals surface area contributed by atoms with Gasteiger partial charge in [0.15, 0.2) is 0 Å². The normalized spacial score (nSPS) is 21.0. The number of ether oxygens (including phenoxy) is 1. The molecule has 2 aromatic rings. The lowest BCUT2D eigenvalue weighted by atomic mass is 9.91. The summed E-state index contributed by atoms with van der Waals surface area (Å²) in [6.45, 7) is 3.09. The first kappa shape index (κ1) is 18.3. The van der Waals surface area contributed by atoms with E-state index >= 15 is 0 Å². The topological polar surface area (TPSA) is 61.8 Å². The minimum Gasteiger partial charge on any atom is -0.380 e. The average Bonchev–Trinajstić information content (AvgIpc) is 3.14. The summed E-state index contributed by atoms with van der Waals surface area (Å²) in [5.74, 6) is 0.308. The van der Waals surface area contributed by atoms with Crippen LogP contribution in [0.2, 0.25) is 5.02 Å². The van der Waals surface area contributed by atoms with Crippen molar-refractivity contribution in [2.75, 3.05) is 37.7 Å². The first-order valence-electron chi connectivity index (χ1n) is 9.23. The van der Waals surface area contributed by atoms with Gasteiger partial charge < -0.3 is 20.1 Å². The zero-order chi connectivity index (χ0) is 18.9. The summed E-state index contributed by atoms with van der Waals surface area (Å²) >= 11 is 5.95. The van der Waals surface area contributed by atoms with Gasteiger partial charge in [0.1, 0.15) is 5.60 Å². The van der Waals surface area contributed by atoms with Crippen LogP contribution in [0.15, 0.2) is 48.5 Å². The molecule has 0 spiro atoms. The fourth-order valence-corrected chi connectivity index (χ4v) is 3.76. The van der Waals surface area contributed by atoms with Gasteiger partial charge in [-0.05, 0) is 54.3 Å². The quantitative estimate of drug-likeness (QED) is 0.829. The molecule has 2 fully saturated rings. The number of hydrogen-bond acceptors (Lipinski definition) is 4. The van der Waals surface area contributed by atoms with Gasteiger partial charge in [0, 0.05) is 35.9 Å². The van der Waals surface area contributed by atoms with Gasteiger partial charge in [-0.3, -0.25) is 4.79 Å². The molecule has 142 valence electrons. The lowest BCUT2D eigenvalue weighted by molar-refractivity contribution is -0.184. The first-order valence-corrected chi connectivity index (χ1v) is 9.61. The van der Waals surface area contributed by atoms with Crippen LogP contribution in [0.4, 0.5) is 5.69 Å². The Morgan fingerprint density at radius 2 is 2.04 bits per heavy atom. The maximum Gasteiger partial charge on any atom is 0.251 e. The SMILES string of the molecule is O=C(NCC1CCN(c2ccc(Cl)cc2)C1)c1cccc(C2(O)COC2)c1. The molecule has 0 aromatic heterocycles. The number of nitrogens with zero attached hydrogens (tertiary/aromatic N) is 1. The Kier molecular flexibility index (Phi) is 5.08. The Hall–Kier alpha value is -2.08. The molecule has 4 rings (SSSR count). The van der Waals surface area contributed by atoms with Gasteiger partial charge >= 0.3 is 0 Å². The molecule has 1 unspecified atom stereocenters. The smallest absolute Gasteiger partial charge is 0.251 e. The fourth-order valence-electron chi connectivity index (χ4n) is 3.64. The van der Waals surface area contributed by atoms with E-state index in [1.54, 1.807) is 18.2 Å². The highest BCUT2D eigenvalue weighted by molar-refractivity contribution is 6.30. The van der Waals surface area contributed by atoms with Gasteiger partial charge in [-0.15, -0.1) is 0 Å². The number of carbonyl (C=O) groups excluding carboxylic acids is 1. The van der Waals surface area contributed by atoms with Crippen molar-refractivity contribution in [2.45, 2.75) is 12.0 Å². The van der Waals surface area contributed by atoms with E-state index in [9.17, 15) is 9.90 Å². The van der Waals surface area contributed by atoms with E-state index in [1.807, 2.05) is 30.3 Å². The van der Waals surface area contributed by atoms with Crippen LogP contribution in [-0.4, -0.2) is 43.9 Å². The highest BCUT2D eigenvalue weighted by Crippen LogP contribution is 2.29. The maximum absolute atomic E-state index is 12.5. The zero-order valence-electron chi connectivity index (χ0n) is 15.0. The summed E-state index contributed by atoms with van der Waals surface area (Å²) in [5, 5.41) is 14.1. The molecule has 0 radical (unpaired) electrons. The number of halogens is 1. The summed E-state index contributed by atoms with van der Waals surface area (Å²) < 4.78 is 5.10. The van der Waals surface area contributed by atoms with Crippen molar-refractivity contribution in [2.24, 2.45) is 5.92 Å². The van der Waals surface area contributed by atoms with E-state index in [0.29, 0.717) is 18.0 Å². The van der Waals surface area contributed by atoms with Gasteiger partial charge in [-0.25, -0.2) is 0 Å². The first-order chi connectivity index (χ1) is 13.0. The number of carbonyl (C=O) groups is 1. The van der Waals surface area contributed by atoms with E-state index in [-0.39, 0.29) is 19.1 Å². The van der Waals surface area contributed by atoms with E-state index in [2.05, 4.69) is 10.2 Å². The number of amides is 1. The molecule has 1 atom stereocenters. The molecular weight excluding hydrogens is 364 g/mol. The summed E-state index contributed by atoms with van der Waals surface area (Å²) in [6.07, 6.45) is 1.04. The molecule has 2 heterocycles. The molecule has 2 aliphatic rings. The van der Waals surface area contributed by atoms with Crippen LogP contribution in [-0.2, 0) is 10.3 Å². The number of benzene rings is 2. The fraction of sp³-hybridized carbons (Fsp3) is 0.381. The number of anilines is 1. The minimum absolute atomic E-state index is 0.106. The van der Waals surface area contributed by atoms with Crippen molar-refractivity contribution >= 4 is 23.2 Å². The number of aliphatic hydroxyl groups is 1. The third kappa shape index (κ3) is 3.95. The molecule has 6 heteroatoms. The molecule has 0 saturated carbocycles. The maximum atomic E-state index is 12.5. The highest BCUT2D eigenvalue weighted by Gasteiger charge is 2.38. The van der Waals surface area contributed by atoms with E-state index < -0.39 is 5.60 Å². The second kappa shape index (κ2) is 7.50. The minimum atomic E-state index is -0.958. The largest absolute Gasteiger partial charge is 0.380 e. The van der Waals surface area contributed by atoms with Crippen LogP contribution in [0.5, 0.6) is 0 Å². The van der Waals surface area contributed by atoms with Crippen molar-refractivity contribution in [1.29, 1.82) is 0 Å². The predicted octanol–water partition coefficient (Wildman–Crippen LogP) is 2.81. The summed E-state index contributed by atoms with van der Waals surface area (Å²) in [6, 6.07) is 15.0. The lowest BCUT2D eigenvalue weighted by Gasteiger charge is -2.36. The molecule has 2 aliphatic heterocycles. The molecule has 0 aliphatic carbocycles. The van der Waals surface area contributed by atoms with Gasteiger partial charge in [-0.2, -0.15) is 0 Å². The standard InChI is InChI=1S/C21H23ClN2O3/c22-18-4-6-19(7-5-18)24-9-8-15(12-24)11-23-20(25)16-2-1-3-17(10-16)21(26)13-27-14-21/h1-7,10,15,26H,8-9,11-14H2,(H,23,25). The molecule has 1 amide bonds. The van der Waals surface area contributed by atoms with E-state index in [1.165, 1.54) is 0 Å². The van der Waals surface area contributed by atoms with Crippen molar-refractivity contribution < 1.29 is 14.6 Å². The Labute approximate surface area is 163 Å². The molecule has 2 aromatic carbocycles. The summed E-state index contributed by atoms with van der Waals surface area (Å²) in [7, 11) is 0. The van der Waals surface area contributed by atoms with Crippen LogP contribution >= 0.6 is 11.6 Å². The van der Waals surface area contributed by atoms with E-state index in [4.69, 9.17) is 16.3 Å². The second-order valence-electron chi connectivity index (χ2n) is 7.39. The van der Waals surface area contributed by atoms with Crippen LogP contribution in [0.25, 0.3) is 0 Å². The highest BCUT2D eigenvalue weighted by atomic mass is 35.5. The monoisotopic (exact) mass is 386 g/mol. The van der Waals surface area contributed by atoms with Crippen molar-refractivity contribution in [1.82, 2.24) is 5.32 Å². The van der Waals surface area contributed by atoms with Crippen molar-refractivity contribution in [3.63, 3.8) is 0 Å². The third-order valence-electron chi connectivity index (χ3n) is 5.37. The Morgan fingerprint density at radius 1 is 1.26 bits per heavy atom. The summed E-state index contributed by atoms with van der Waals surface area (Å²) in [4.78, 5) is 14.8. The molecule has 2 saturated heterocycles. The van der Waals surface area contributed by atoms with Crippen molar-refractivity contribution in [3.8, 4) is 0 Å². The molecule has 2 N–H and O–H groups in total. The lowest BCUT2D eigenvalue weighted by Crippen LogP contribution is -2.46. The van der Waals surface area contributed by atoms with Crippen LogP contribution in [0.3, 0.4) is 0 Å². The summed E-state index contributed by atoms with van der Waals surface area (Å²) in [5.41, 5.74) is 1.51. The number of hydrogen-bond donors (Lipinski definition) is 2. The van der Waals surface area contributed by atoms with E-state index in [0.717, 1.165) is 35.8 Å². The number of rotatable bonds is 5. The molecular formula is C21H23ClN2O3. The molecule has 5 nitrogen and oxygen atoms in total. The molecule has 27 heavy (non-hydrogen) atoms. The van der Waals surface area contributed by atoms with Crippen LogP contribution < -0.4 is 10.2 Å². The third-order valence-corrected chi connectivity index (χ3v) is 5.62. The van der Waals surface area contributed by atoms with Crippen molar-refractivity contribution in [3.05, 3.63) is 64.7 Å². The second-order valence-corrected chi connectivity index (χ2v) is 7.83. The Balaban J connectivity index is 1.32.